The number of hydrogen-bond donors (Lipinski definition) is 0. The van der Waals surface area contributed by atoms with Crippen LogP contribution in [-0.2, 0) is 0 Å². The van der Waals surface area contributed by atoms with Crippen LogP contribution < -0.4 is 0 Å². The van der Waals surface area contributed by atoms with Crippen molar-refractivity contribution in [1.29, 1.82) is 0 Å². The Morgan fingerprint density at radius 3 is 1.46 bits per heavy atom. The molecule has 7 nitrogen and oxygen atoms in total. The van der Waals surface area contributed by atoms with E-state index in [-0.39, 0.29) is 5.92 Å². The summed E-state index contributed by atoms with van der Waals surface area (Å²) in [6.45, 7) is 0. The topological polar surface area (TPSA) is 74.8 Å². The maximum Gasteiger partial charge on any atom is 0.164 e. The summed E-state index contributed by atoms with van der Waals surface area (Å²) < 4.78 is 18.5. The first-order valence-electron chi connectivity index (χ1n) is 26.5. The van der Waals surface area contributed by atoms with Crippen LogP contribution in [0.5, 0.6) is 0 Å². The summed E-state index contributed by atoms with van der Waals surface area (Å²) in [5.41, 5.74) is 16.2. The van der Waals surface area contributed by atoms with Crippen molar-refractivity contribution in [3.8, 4) is 56.4 Å². The minimum Gasteiger partial charge on any atom is -0.456 e. The zero-order chi connectivity index (χ0) is 49.8. The lowest BCUT2D eigenvalue weighted by Gasteiger charge is -2.21. The normalized spacial score (nSPS) is 13.5. The maximum absolute atomic E-state index is 6.90. The fourth-order valence-electron chi connectivity index (χ4n) is 12.7. The quantitative estimate of drug-likeness (QED) is 0.159. The molecule has 5 aromatic heterocycles. The molecule has 0 radical (unpaired) electrons. The lowest BCUT2D eigenvalue weighted by molar-refractivity contribution is 0.428. The lowest BCUT2D eigenvalue weighted by Crippen LogP contribution is -2.11. The highest BCUT2D eigenvalue weighted by Crippen LogP contribution is 2.47. The average molecular weight is 978 g/mol. The molecule has 5 heterocycles. The summed E-state index contributed by atoms with van der Waals surface area (Å²) in [7, 11) is 0. The van der Waals surface area contributed by atoms with E-state index in [0.717, 1.165) is 140 Å². The van der Waals surface area contributed by atoms with Gasteiger partial charge in [-0.2, -0.15) is 0 Å². The summed E-state index contributed by atoms with van der Waals surface area (Å²) in [5.74, 6) is 2.45. The van der Waals surface area contributed by atoms with Crippen LogP contribution in [0, 0.1) is 0 Å². The molecule has 0 N–H and O–H groups in total. The van der Waals surface area contributed by atoms with E-state index < -0.39 is 0 Å². The van der Waals surface area contributed by atoms with Crippen LogP contribution in [-0.4, -0.2) is 24.1 Å². The smallest absolute Gasteiger partial charge is 0.164 e. The summed E-state index contributed by atoms with van der Waals surface area (Å²) in [6.07, 6.45) is 5.69. The zero-order valence-corrected chi connectivity index (χ0v) is 41.5. The summed E-state index contributed by atoms with van der Waals surface area (Å²) >= 11 is 0. The van der Waals surface area contributed by atoms with Crippen LogP contribution in [0.4, 0.5) is 0 Å². The number of nitrogens with zero attached hydrogens (tertiary/aromatic N) is 5. The van der Waals surface area contributed by atoms with Gasteiger partial charge < -0.3 is 18.0 Å². The summed E-state index contributed by atoms with van der Waals surface area (Å²) in [4.78, 5) is 16.3. The molecule has 0 atom stereocenters. The number of furan rings is 2. The largest absolute Gasteiger partial charge is 0.456 e. The Kier molecular flexibility index (Phi) is 9.58. The fraction of sp³-hybridized carbons (Fsp3) is 0.0870. The monoisotopic (exact) mass is 977 g/mol. The number of rotatable bonds is 7. The first kappa shape index (κ1) is 42.9. The summed E-state index contributed by atoms with van der Waals surface area (Å²) in [5, 5.41) is 8.88. The molecule has 10 aromatic carbocycles. The van der Waals surface area contributed by atoms with E-state index in [1.807, 2.05) is 6.07 Å². The van der Waals surface area contributed by atoms with Gasteiger partial charge in [-0.1, -0.05) is 159 Å². The minimum atomic E-state index is 0.249. The van der Waals surface area contributed by atoms with Crippen molar-refractivity contribution in [2.75, 3.05) is 0 Å². The van der Waals surface area contributed by atoms with E-state index in [1.54, 1.807) is 0 Å². The molecular weight excluding hydrogens is 931 g/mol. The molecule has 0 spiro atoms. The van der Waals surface area contributed by atoms with Gasteiger partial charge in [0.1, 0.15) is 28.2 Å². The van der Waals surface area contributed by atoms with Gasteiger partial charge in [0, 0.05) is 71.5 Å². The van der Waals surface area contributed by atoms with E-state index in [4.69, 9.17) is 23.8 Å². The van der Waals surface area contributed by atoms with E-state index in [0.29, 0.717) is 11.6 Å². The van der Waals surface area contributed by atoms with Crippen LogP contribution in [0.1, 0.15) is 43.8 Å². The highest BCUT2D eigenvalue weighted by atomic mass is 16.3. The van der Waals surface area contributed by atoms with Crippen LogP contribution in [0.2, 0.25) is 0 Å². The molecule has 360 valence electrons. The van der Waals surface area contributed by atoms with Crippen molar-refractivity contribution in [3.05, 3.63) is 224 Å². The van der Waals surface area contributed by atoms with Crippen molar-refractivity contribution in [2.24, 2.45) is 0 Å². The van der Waals surface area contributed by atoms with Crippen molar-refractivity contribution < 1.29 is 8.83 Å². The molecule has 16 rings (SSSR count). The standard InChI is InChI=1S/C69H47N5O2/c1-5-19-42(20-6-1)67-70-68(43-21-7-2-8-22-43)72-69(71-67)54-37-44(47-29-17-33-61-65(47)55-38-59-52(40-63(55)75-61)49-27-13-15-31-57(49)73(59)45-23-9-3-10-24-45)35-36-48(54)51-30-18-34-62-66(51)56-39-60-53(41-64(56)76-62)50-28-14-16-32-58(50)74(60)46-25-11-4-12-26-46/h1,3-6,9-20,23-41,43H,2,7-8,21-22H2. The molecule has 1 aliphatic carbocycles. The van der Waals surface area contributed by atoms with Crippen molar-refractivity contribution >= 4 is 87.5 Å². The predicted molar refractivity (Wildman–Crippen MR) is 311 cm³/mol. The number of benzene rings is 10. The number of aromatic nitrogens is 5. The van der Waals surface area contributed by atoms with E-state index in [1.165, 1.54) is 30.0 Å². The summed E-state index contributed by atoms with van der Waals surface area (Å²) in [6, 6.07) is 77.8. The third-order valence-electron chi connectivity index (χ3n) is 16.1. The van der Waals surface area contributed by atoms with Gasteiger partial charge in [-0.25, -0.2) is 15.0 Å². The van der Waals surface area contributed by atoms with Crippen LogP contribution in [0.25, 0.3) is 144 Å². The van der Waals surface area contributed by atoms with Crippen molar-refractivity contribution in [3.63, 3.8) is 0 Å². The molecule has 0 bridgehead atoms. The number of fused-ring (bicyclic) bond motifs is 12. The molecule has 0 saturated heterocycles. The van der Waals surface area contributed by atoms with Gasteiger partial charge in [0.05, 0.1) is 22.1 Å². The third kappa shape index (κ3) is 6.65. The Morgan fingerprint density at radius 2 is 0.855 bits per heavy atom. The molecule has 1 aliphatic rings. The molecule has 7 heteroatoms. The van der Waals surface area contributed by atoms with Crippen molar-refractivity contribution in [1.82, 2.24) is 24.1 Å². The van der Waals surface area contributed by atoms with E-state index >= 15 is 0 Å². The van der Waals surface area contributed by atoms with Gasteiger partial charge in [0.15, 0.2) is 11.6 Å². The highest BCUT2D eigenvalue weighted by molar-refractivity contribution is 6.22. The SMILES string of the molecule is c1ccc(-c2nc(-c3cc(-c4cccc5oc6cc7c8ccccc8n(-c8ccccc8)c7cc6c45)ccc3-c3cccc4oc5cc6c7ccccc7n(-c7ccccc7)c6cc5c34)nc(C3CCCCC3)n2)cc1. The Hall–Kier alpha value is -9.59. The van der Waals surface area contributed by atoms with Gasteiger partial charge >= 0.3 is 0 Å². The third-order valence-corrected chi connectivity index (χ3v) is 16.1. The highest BCUT2D eigenvalue weighted by Gasteiger charge is 2.26. The number of hydrogen-bond acceptors (Lipinski definition) is 5. The maximum atomic E-state index is 6.90. The van der Waals surface area contributed by atoms with E-state index in [9.17, 15) is 0 Å². The Morgan fingerprint density at radius 1 is 0.329 bits per heavy atom. The van der Waals surface area contributed by atoms with E-state index in [2.05, 4.69) is 221 Å². The van der Waals surface area contributed by atoms with Gasteiger partial charge in [-0.15, -0.1) is 0 Å². The average Bonchev–Trinajstić information content (AvgIpc) is 4.25. The first-order chi connectivity index (χ1) is 37.7. The van der Waals surface area contributed by atoms with Gasteiger partial charge in [-0.05, 0) is 114 Å². The lowest BCUT2D eigenvalue weighted by atomic mass is 9.88. The number of para-hydroxylation sites is 4. The van der Waals surface area contributed by atoms with Gasteiger partial charge in [0.2, 0.25) is 0 Å². The predicted octanol–water partition coefficient (Wildman–Crippen LogP) is 18.6. The molecule has 15 aromatic rings. The van der Waals surface area contributed by atoms with Crippen LogP contribution >= 0.6 is 0 Å². The molecule has 1 saturated carbocycles. The minimum absolute atomic E-state index is 0.249. The fourth-order valence-corrected chi connectivity index (χ4v) is 12.7. The van der Waals surface area contributed by atoms with Crippen LogP contribution in [0.3, 0.4) is 0 Å². The first-order valence-corrected chi connectivity index (χ1v) is 26.5. The van der Waals surface area contributed by atoms with Gasteiger partial charge in [0.25, 0.3) is 0 Å². The van der Waals surface area contributed by atoms with Gasteiger partial charge in [-0.3, -0.25) is 0 Å². The molecule has 0 unspecified atom stereocenters. The second-order valence-electron chi connectivity index (χ2n) is 20.5. The molecule has 0 aliphatic heterocycles. The second-order valence-corrected chi connectivity index (χ2v) is 20.5. The zero-order valence-electron chi connectivity index (χ0n) is 41.5. The van der Waals surface area contributed by atoms with Crippen LogP contribution in [0.15, 0.2) is 227 Å². The Balaban J connectivity index is 0.964. The molecule has 0 amide bonds. The molecule has 76 heavy (non-hydrogen) atoms. The second kappa shape index (κ2) is 17.0. The van der Waals surface area contributed by atoms with Crippen molar-refractivity contribution in [2.45, 2.75) is 38.0 Å². The Bertz CT molecular complexity index is 4790. The molecular formula is C69H47N5O2. The Labute approximate surface area is 436 Å². The molecule has 1 fully saturated rings.